The number of carbonyl (C=O) groups excluding carboxylic acids is 1. The molecule has 0 fully saturated rings. The topological polar surface area (TPSA) is 17.1 Å². The summed E-state index contributed by atoms with van der Waals surface area (Å²) in [5, 5.41) is 0. The average Bonchev–Trinajstić information content (AvgIpc) is 2.88. The summed E-state index contributed by atoms with van der Waals surface area (Å²) in [7, 11) is 0. The molecule has 2 aromatic rings. The monoisotopic (exact) mass is 286 g/mol. The van der Waals surface area contributed by atoms with Crippen molar-refractivity contribution in [3.05, 3.63) is 82.4 Å². The summed E-state index contributed by atoms with van der Waals surface area (Å²) in [6.07, 6.45) is 5.59. The van der Waals surface area contributed by atoms with Crippen LogP contribution in [-0.4, -0.2) is 5.78 Å². The van der Waals surface area contributed by atoms with E-state index in [1.54, 1.807) is 5.57 Å². The normalized spacial score (nSPS) is 28.3. The van der Waals surface area contributed by atoms with Gasteiger partial charge in [-0.3, -0.25) is 4.79 Å². The lowest BCUT2D eigenvalue weighted by Gasteiger charge is -2.39. The molecule has 0 radical (unpaired) electrons. The molecule has 22 heavy (non-hydrogen) atoms. The highest BCUT2D eigenvalue weighted by Gasteiger charge is 2.47. The van der Waals surface area contributed by atoms with E-state index < -0.39 is 0 Å². The third-order valence-electron chi connectivity index (χ3n) is 5.82. The quantitative estimate of drug-likeness (QED) is 0.645. The Kier molecular flexibility index (Phi) is 2.49. The molecule has 1 heteroatoms. The number of hydrogen-bond acceptors (Lipinski definition) is 1. The SMILES string of the molecule is O=C1c2ccccc2C2C1CC=C1CCc3ccccc3C12. The summed E-state index contributed by atoms with van der Waals surface area (Å²) in [6.45, 7) is 0. The van der Waals surface area contributed by atoms with Gasteiger partial charge in [0.15, 0.2) is 5.78 Å². The number of Topliss-reactive ketones (excluding diaryl/α,β-unsaturated/α-hetero) is 1. The van der Waals surface area contributed by atoms with Gasteiger partial charge in [0.2, 0.25) is 0 Å². The number of fused-ring (bicyclic) bond motifs is 7. The van der Waals surface area contributed by atoms with Gasteiger partial charge in [0.25, 0.3) is 0 Å². The molecule has 0 saturated heterocycles. The van der Waals surface area contributed by atoms with E-state index in [1.807, 2.05) is 12.1 Å². The van der Waals surface area contributed by atoms with Gasteiger partial charge in [-0.15, -0.1) is 0 Å². The van der Waals surface area contributed by atoms with Gasteiger partial charge in [0.05, 0.1) is 0 Å². The van der Waals surface area contributed by atoms with Gasteiger partial charge >= 0.3 is 0 Å². The van der Waals surface area contributed by atoms with Crippen LogP contribution in [0.1, 0.15) is 51.7 Å². The molecule has 3 atom stereocenters. The molecule has 3 aliphatic rings. The van der Waals surface area contributed by atoms with Crippen LogP contribution >= 0.6 is 0 Å². The molecule has 3 unspecified atom stereocenters. The van der Waals surface area contributed by atoms with Crippen molar-refractivity contribution in [1.82, 2.24) is 0 Å². The van der Waals surface area contributed by atoms with Crippen LogP contribution in [0.25, 0.3) is 0 Å². The highest BCUT2D eigenvalue weighted by molar-refractivity contribution is 6.03. The molecule has 0 bridgehead atoms. The van der Waals surface area contributed by atoms with Gasteiger partial charge < -0.3 is 0 Å². The highest BCUT2D eigenvalue weighted by atomic mass is 16.1. The fourth-order valence-corrected chi connectivity index (χ4v) is 4.89. The standard InChI is InChI=1S/C21H18O/c22-21-17-8-4-3-7-16(17)20-18(21)12-11-14-10-9-13-5-1-2-6-15(13)19(14)20/h1-8,11,18-20H,9-10,12H2. The molecule has 2 aromatic carbocycles. The van der Waals surface area contributed by atoms with Crippen molar-refractivity contribution in [2.75, 3.05) is 0 Å². The van der Waals surface area contributed by atoms with Crippen molar-refractivity contribution in [3.8, 4) is 0 Å². The van der Waals surface area contributed by atoms with Crippen molar-refractivity contribution in [2.24, 2.45) is 5.92 Å². The van der Waals surface area contributed by atoms with Crippen molar-refractivity contribution in [2.45, 2.75) is 31.1 Å². The van der Waals surface area contributed by atoms with Crippen molar-refractivity contribution in [1.29, 1.82) is 0 Å². The number of carbonyl (C=O) groups is 1. The lowest BCUT2D eigenvalue weighted by Crippen LogP contribution is -2.28. The van der Waals surface area contributed by atoms with Crippen LogP contribution in [0, 0.1) is 5.92 Å². The lowest BCUT2D eigenvalue weighted by molar-refractivity contribution is 0.0915. The van der Waals surface area contributed by atoms with Crippen LogP contribution in [0.5, 0.6) is 0 Å². The Morgan fingerprint density at radius 1 is 0.864 bits per heavy atom. The Morgan fingerprint density at radius 2 is 1.64 bits per heavy atom. The van der Waals surface area contributed by atoms with E-state index in [9.17, 15) is 4.79 Å². The predicted molar refractivity (Wildman–Crippen MR) is 87.2 cm³/mol. The zero-order valence-corrected chi connectivity index (χ0v) is 12.5. The van der Waals surface area contributed by atoms with Crippen molar-refractivity contribution < 1.29 is 4.79 Å². The van der Waals surface area contributed by atoms with Crippen molar-refractivity contribution in [3.63, 3.8) is 0 Å². The largest absolute Gasteiger partial charge is 0.294 e. The summed E-state index contributed by atoms with van der Waals surface area (Å²) in [4.78, 5) is 12.8. The third-order valence-corrected chi connectivity index (χ3v) is 5.82. The molecule has 1 nitrogen and oxygen atoms in total. The molecular weight excluding hydrogens is 268 g/mol. The zero-order chi connectivity index (χ0) is 14.7. The summed E-state index contributed by atoms with van der Waals surface area (Å²) < 4.78 is 0. The number of ketones is 1. The first-order chi connectivity index (χ1) is 10.8. The second-order valence-corrected chi connectivity index (χ2v) is 6.78. The average molecular weight is 286 g/mol. The van der Waals surface area contributed by atoms with Gasteiger partial charge in [-0.1, -0.05) is 60.2 Å². The molecule has 0 amide bonds. The maximum Gasteiger partial charge on any atom is 0.167 e. The second kappa shape index (κ2) is 4.42. The Balaban J connectivity index is 1.74. The third kappa shape index (κ3) is 1.51. The van der Waals surface area contributed by atoms with Gasteiger partial charge in [-0.2, -0.15) is 0 Å². The van der Waals surface area contributed by atoms with Crippen LogP contribution in [0.4, 0.5) is 0 Å². The van der Waals surface area contributed by atoms with E-state index in [0.29, 0.717) is 17.6 Å². The van der Waals surface area contributed by atoms with E-state index in [1.165, 1.54) is 16.7 Å². The number of allylic oxidation sites excluding steroid dienone is 2. The van der Waals surface area contributed by atoms with Crippen LogP contribution in [-0.2, 0) is 6.42 Å². The number of aryl methyl sites for hydroxylation is 1. The first-order valence-electron chi connectivity index (χ1n) is 8.24. The summed E-state index contributed by atoms with van der Waals surface area (Å²) in [5.41, 5.74) is 6.74. The summed E-state index contributed by atoms with van der Waals surface area (Å²) >= 11 is 0. The Labute approximate surface area is 130 Å². The van der Waals surface area contributed by atoms with Crippen LogP contribution in [0.2, 0.25) is 0 Å². The van der Waals surface area contributed by atoms with Gasteiger partial charge in [-0.05, 0) is 36.0 Å². The Hall–Kier alpha value is -2.15. The van der Waals surface area contributed by atoms with Crippen LogP contribution in [0.3, 0.4) is 0 Å². The molecular formula is C21H18O. The molecule has 0 N–H and O–H groups in total. The van der Waals surface area contributed by atoms with E-state index in [-0.39, 0.29) is 5.92 Å². The number of rotatable bonds is 0. The molecule has 3 aliphatic carbocycles. The minimum Gasteiger partial charge on any atom is -0.294 e. The molecule has 0 saturated carbocycles. The minimum absolute atomic E-state index is 0.150. The summed E-state index contributed by atoms with van der Waals surface area (Å²) in [6, 6.07) is 17.1. The Bertz CT molecular complexity index is 814. The number of benzene rings is 2. The van der Waals surface area contributed by atoms with E-state index in [0.717, 1.165) is 24.8 Å². The molecule has 0 aliphatic heterocycles. The smallest absolute Gasteiger partial charge is 0.167 e. The molecule has 5 rings (SSSR count). The van der Waals surface area contributed by atoms with E-state index in [4.69, 9.17) is 0 Å². The Morgan fingerprint density at radius 3 is 2.55 bits per heavy atom. The van der Waals surface area contributed by atoms with Crippen LogP contribution < -0.4 is 0 Å². The first-order valence-corrected chi connectivity index (χ1v) is 8.24. The molecule has 0 heterocycles. The van der Waals surface area contributed by atoms with Gasteiger partial charge in [0, 0.05) is 23.3 Å². The second-order valence-electron chi connectivity index (χ2n) is 6.78. The molecule has 0 spiro atoms. The molecule has 0 aromatic heterocycles. The predicted octanol–water partition coefficient (Wildman–Crippen LogP) is 4.64. The van der Waals surface area contributed by atoms with Crippen LogP contribution in [0.15, 0.2) is 60.2 Å². The zero-order valence-electron chi connectivity index (χ0n) is 12.5. The maximum atomic E-state index is 12.8. The summed E-state index contributed by atoms with van der Waals surface area (Å²) in [5.74, 6) is 1.28. The van der Waals surface area contributed by atoms with E-state index >= 15 is 0 Å². The molecule has 108 valence electrons. The van der Waals surface area contributed by atoms with Gasteiger partial charge in [-0.25, -0.2) is 0 Å². The maximum absolute atomic E-state index is 12.8. The first kappa shape index (κ1) is 12.4. The highest BCUT2D eigenvalue weighted by Crippen LogP contribution is 2.56. The lowest BCUT2D eigenvalue weighted by atomic mass is 9.64. The van der Waals surface area contributed by atoms with E-state index in [2.05, 4.69) is 42.5 Å². The van der Waals surface area contributed by atoms with Gasteiger partial charge in [0.1, 0.15) is 0 Å². The minimum atomic E-state index is 0.150. The fraction of sp³-hybridized carbons (Fsp3) is 0.286. The fourth-order valence-electron chi connectivity index (χ4n) is 4.89. The van der Waals surface area contributed by atoms with Crippen molar-refractivity contribution >= 4 is 5.78 Å². The number of hydrogen-bond donors (Lipinski definition) is 0.